The second-order valence-electron chi connectivity index (χ2n) is 2.97. The van der Waals surface area contributed by atoms with Crippen LogP contribution in [-0.4, -0.2) is 5.91 Å². The smallest absolute Gasteiger partial charge is 0.241 e. The Hall–Kier alpha value is -1.84. The lowest BCUT2D eigenvalue weighted by Crippen LogP contribution is -2.05. The number of nitrogens with two attached hydrogens (primary N) is 2. The number of carbonyl (C=O) groups is 1. The zero-order valence-electron chi connectivity index (χ0n) is 7.75. The van der Waals surface area contributed by atoms with Gasteiger partial charge in [-0.3, -0.25) is 4.79 Å². The fourth-order valence-electron chi connectivity index (χ4n) is 1.02. The normalized spacial score (nSPS) is 10.7. The summed E-state index contributed by atoms with van der Waals surface area (Å²) in [5.74, 6) is -1.08. The number of primary amides is 1. The van der Waals surface area contributed by atoms with E-state index in [4.69, 9.17) is 11.5 Å². The molecule has 0 saturated carbocycles. The zero-order valence-corrected chi connectivity index (χ0v) is 7.75. The average molecular weight is 194 g/mol. The number of rotatable bonds is 2. The maximum absolute atomic E-state index is 13.2. The Bertz CT molecular complexity index is 399. The summed E-state index contributed by atoms with van der Waals surface area (Å²) in [4.78, 5) is 10.4. The molecule has 1 amide bonds. The van der Waals surface area contributed by atoms with Crippen LogP contribution in [0.4, 0.5) is 10.1 Å². The molecule has 0 spiro atoms. The van der Waals surface area contributed by atoms with Gasteiger partial charge >= 0.3 is 0 Å². The van der Waals surface area contributed by atoms with E-state index in [2.05, 4.69) is 0 Å². The molecule has 14 heavy (non-hydrogen) atoms. The first-order chi connectivity index (χ1) is 6.50. The van der Waals surface area contributed by atoms with Crippen molar-refractivity contribution in [2.75, 3.05) is 5.73 Å². The second-order valence-corrected chi connectivity index (χ2v) is 2.97. The standard InChI is InChI=1S/C10H11FN2O/c1-6-4-7(2-3-10(13)14)8(11)5-9(6)12/h2-5H,12H2,1H3,(H2,13,14). The van der Waals surface area contributed by atoms with E-state index >= 15 is 0 Å². The van der Waals surface area contributed by atoms with E-state index in [9.17, 15) is 9.18 Å². The molecule has 0 heterocycles. The molecule has 1 aromatic carbocycles. The van der Waals surface area contributed by atoms with E-state index in [-0.39, 0.29) is 0 Å². The molecule has 1 rings (SSSR count). The summed E-state index contributed by atoms with van der Waals surface area (Å²) in [5.41, 5.74) is 11.8. The number of anilines is 1. The minimum atomic E-state index is -0.612. The lowest BCUT2D eigenvalue weighted by atomic mass is 10.1. The molecule has 0 unspecified atom stereocenters. The van der Waals surface area contributed by atoms with Crippen molar-refractivity contribution in [1.82, 2.24) is 0 Å². The van der Waals surface area contributed by atoms with Crippen molar-refractivity contribution in [3.05, 3.63) is 35.2 Å². The minimum Gasteiger partial charge on any atom is -0.398 e. The third-order valence-electron chi connectivity index (χ3n) is 1.81. The Kier molecular flexibility index (Phi) is 2.86. The molecule has 0 aliphatic heterocycles. The topological polar surface area (TPSA) is 69.1 Å². The van der Waals surface area contributed by atoms with Gasteiger partial charge in [0.2, 0.25) is 5.91 Å². The van der Waals surface area contributed by atoms with Crippen LogP contribution < -0.4 is 11.5 Å². The summed E-state index contributed by atoms with van der Waals surface area (Å²) in [6.07, 6.45) is 2.43. The third kappa shape index (κ3) is 2.32. The van der Waals surface area contributed by atoms with Crippen LogP contribution in [0.1, 0.15) is 11.1 Å². The van der Waals surface area contributed by atoms with Crippen LogP contribution in [0.15, 0.2) is 18.2 Å². The van der Waals surface area contributed by atoms with Gasteiger partial charge in [0.05, 0.1) is 0 Å². The molecule has 0 aliphatic rings. The Morgan fingerprint density at radius 1 is 1.50 bits per heavy atom. The van der Waals surface area contributed by atoms with Gasteiger partial charge in [0.15, 0.2) is 0 Å². The summed E-state index contributed by atoms with van der Waals surface area (Å²) in [6.45, 7) is 1.76. The number of benzene rings is 1. The number of hydrogen-bond donors (Lipinski definition) is 2. The van der Waals surface area contributed by atoms with Crippen LogP contribution in [0, 0.1) is 12.7 Å². The molecular formula is C10H11FN2O. The van der Waals surface area contributed by atoms with Gasteiger partial charge in [0, 0.05) is 17.3 Å². The van der Waals surface area contributed by atoms with E-state index < -0.39 is 11.7 Å². The average Bonchev–Trinajstić information content (AvgIpc) is 2.09. The molecule has 0 radical (unpaired) electrons. The predicted octanol–water partition coefficient (Wildman–Crippen LogP) is 1.21. The van der Waals surface area contributed by atoms with Gasteiger partial charge in [-0.05, 0) is 30.7 Å². The molecule has 1 aromatic rings. The Morgan fingerprint density at radius 2 is 2.14 bits per heavy atom. The van der Waals surface area contributed by atoms with Crippen LogP contribution >= 0.6 is 0 Å². The number of hydrogen-bond acceptors (Lipinski definition) is 2. The molecular weight excluding hydrogens is 183 g/mol. The number of amides is 1. The highest BCUT2D eigenvalue weighted by Crippen LogP contribution is 2.17. The quantitative estimate of drug-likeness (QED) is 0.549. The highest BCUT2D eigenvalue weighted by atomic mass is 19.1. The summed E-state index contributed by atoms with van der Waals surface area (Å²) in [7, 11) is 0. The van der Waals surface area contributed by atoms with Gasteiger partial charge in [0.1, 0.15) is 5.82 Å². The van der Waals surface area contributed by atoms with Crippen molar-refractivity contribution in [3.63, 3.8) is 0 Å². The van der Waals surface area contributed by atoms with Gasteiger partial charge in [0.25, 0.3) is 0 Å². The Balaban J connectivity index is 3.10. The molecule has 3 nitrogen and oxygen atoms in total. The summed E-state index contributed by atoms with van der Waals surface area (Å²) in [6, 6.07) is 2.78. The summed E-state index contributed by atoms with van der Waals surface area (Å²) < 4.78 is 13.2. The molecule has 74 valence electrons. The lowest BCUT2D eigenvalue weighted by molar-refractivity contribution is -0.113. The molecule has 0 aromatic heterocycles. The highest BCUT2D eigenvalue weighted by molar-refractivity contribution is 5.90. The maximum atomic E-state index is 13.2. The molecule has 0 atom stereocenters. The van der Waals surface area contributed by atoms with E-state index in [0.29, 0.717) is 11.3 Å². The lowest BCUT2D eigenvalue weighted by Gasteiger charge is -2.02. The molecule has 0 saturated heterocycles. The van der Waals surface area contributed by atoms with Crippen molar-refractivity contribution in [2.24, 2.45) is 5.73 Å². The van der Waals surface area contributed by atoms with Crippen molar-refractivity contribution in [2.45, 2.75) is 6.92 Å². The maximum Gasteiger partial charge on any atom is 0.241 e. The van der Waals surface area contributed by atoms with Gasteiger partial charge in [-0.2, -0.15) is 0 Å². The van der Waals surface area contributed by atoms with Crippen molar-refractivity contribution in [3.8, 4) is 0 Å². The summed E-state index contributed by atoms with van der Waals surface area (Å²) in [5, 5.41) is 0. The first-order valence-electron chi connectivity index (χ1n) is 4.04. The molecule has 4 N–H and O–H groups in total. The first-order valence-corrected chi connectivity index (χ1v) is 4.04. The second kappa shape index (κ2) is 3.91. The van der Waals surface area contributed by atoms with Gasteiger partial charge in [-0.15, -0.1) is 0 Å². The number of aryl methyl sites for hydroxylation is 1. The van der Waals surface area contributed by atoms with E-state index in [1.54, 1.807) is 13.0 Å². The van der Waals surface area contributed by atoms with Crippen LogP contribution in [0.2, 0.25) is 0 Å². The Labute approximate surface area is 81.2 Å². The van der Waals surface area contributed by atoms with E-state index in [1.165, 1.54) is 12.1 Å². The fraction of sp³-hybridized carbons (Fsp3) is 0.100. The zero-order chi connectivity index (χ0) is 10.7. The van der Waals surface area contributed by atoms with Gasteiger partial charge in [-0.25, -0.2) is 4.39 Å². The highest BCUT2D eigenvalue weighted by Gasteiger charge is 2.02. The third-order valence-corrected chi connectivity index (χ3v) is 1.81. The fourth-order valence-corrected chi connectivity index (χ4v) is 1.02. The van der Waals surface area contributed by atoms with Crippen LogP contribution in [0.25, 0.3) is 6.08 Å². The largest absolute Gasteiger partial charge is 0.398 e. The van der Waals surface area contributed by atoms with Gasteiger partial charge < -0.3 is 11.5 Å². The number of halogens is 1. The Morgan fingerprint density at radius 3 is 2.71 bits per heavy atom. The minimum absolute atomic E-state index is 0.301. The van der Waals surface area contributed by atoms with Crippen LogP contribution in [0.3, 0.4) is 0 Å². The van der Waals surface area contributed by atoms with Crippen LogP contribution in [0.5, 0.6) is 0 Å². The van der Waals surface area contributed by atoms with Gasteiger partial charge in [-0.1, -0.05) is 0 Å². The first kappa shape index (κ1) is 10.2. The van der Waals surface area contributed by atoms with Crippen molar-refractivity contribution >= 4 is 17.7 Å². The van der Waals surface area contributed by atoms with Crippen molar-refractivity contribution in [1.29, 1.82) is 0 Å². The van der Waals surface area contributed by atoms with E-state index in [1.807, 2.05) is 0 Å². The molecule has 0 aliphatic carbocycles. The van der Waals surface area contributed by atoms with E-state index in [0.717, 1.165) is 11.6 Å². The SMILES string of the molecule is Cc1cc(C=CC(N)=O)c(F)cc1N. The number of carbonyl (C=O) groups excluding carboxylic acids is 1. The molecule has 4 heteroatoms. The number of nitrogen functional groups attached to an aromatic ring is 1. The predicted molar refractivity (Wildman–Crippen MR) is 53.8 cm³/mol. The molecule has 0 bridgehead atoms. The van der Waals surface area contributed by atoms with Crippen LogP contribution in [-0.2, 0) is 4.79 Å². The van der Waals surface area contributed by atoms with Crippen molar-refractivity contribution < 1.29 is 9.18 Å². The molecule has 0 fully saturated rings. The summed E-state index contributed by atoms with van der Waals surface area (Å²) >= 11 is 0. The monoisotopic (exact) mass is 194 g/mol.